The average Bonchev–Trinajstić information content (AvgIpc) is 2.32. The Bertz CT molecular complexity index is 750. The van der Waals surface area contributed by atoms with Gasteiger partial charge in [-0.25, -0.2) is 8.78 Å². The number of carbonyl (C=O) groups is 1. The Morgan fingerprint density at radius 3 is 2.45 bits per heavy atom. The molecule has 1 aromatic heterocycles. The second-order valence-electron chi connectivity index (χ2n) is 4.79. The smallest absolute Gasteiger partial charge is 0.309 e. The van der Waals surface area contributed by atoms with Crippen LogP contribution in [-0.4, -0.2) is 15.6 Å². The van der Waals surface area contributed by atoms with Crippen molar-refractivity contribution in [2.24, 2.45) is 0 Å². The number of nitrogens with zero attached hydrogens (tertiary/aromatic N) is 1. The topological polar surface area (TPSA) is 59.3 Å². The SMILES string of the molecule is CC(C)n1c(CC(=O)O)cc(=O)c2c(F)ccc(F)c21. The first-order valence-corrected chi connectivity index (χ1v) is 6.07. The molecule has 0 saturated heterocycles. The van der Waals surface area contributed by atoms with Gasteiger partial charge in [-0.05, 0) is 26.0 Å². The fraction of sp³-hybridized carbons (Fsp3) is 0.286. The van der Waals surface area contributed by atoms with Crippen LogP contribution in [0.15, 0.2) is 23.0 Å². The van der Waals surface area contributed by atoms with Gasteiger partial charge in [0, 0.05) is 17.8 Å². The van der Waals surface area contributed by atoms with Crippen molar-refractivity contribution in [3.8, 4) is 0 Å². The first kappa shape index (κ1) is 14.2. The molecule has 0 aliphatic carbocycles. The largest absolute Gasteiger partial charge is 0.481 e. The van der Waals surface area contributed by atoms with E-state index in [0.29, 0.717) is 0 Å². The van der Waals surface area contributed by atoms with Gasteiger partial charge in [-0.15, -0.1) is 0 Å². The van der Waals surface area contributed by atoms with Crippen LogP contribution in [-0.2, 0) is 11.2 Å². The molecule has 0 aliphatic heterocycles. The predicted molar refractivity (Wildman–Crippen MR) is 69.8 cm³/mol. The molecule has 0 saturated carbocycles. The zero-order valence-electron chi connectivity index (χ0n) is 11.0. The highest BCUT2D eigenvalue weighted by Crippen LogP contribution is 2.23. The summed E-state index contributed by atoms with van der Waals surface area (Å²) in [6.07, 6.45) is -0.431. The predicted octanol–water partition coefficient (Wildman–Crippen LogP) is 2.49. The van der Waals surface area contributed by atoms with E-state index in [0.717, 1.165) is 18.2 Å². The minimum atomic E-state index is -1.14. The molecule has 6 heteroatoms. The Morgan fingerprint density at radius 2 is 1.90 bits per heavy atom. The lowest BCUT2D eigenvalue weighted by molar-refractivity contribution is -0.136. The van der Waals surface area contributed by atoms with Crippen LogP contribution < -0.4 is 5.43 Å². The maximum absolute atomic E-state index is 14.0. The zero-order chi connectivity index (χ0) is 15.0. The minimum Gasteiger partial charge on any atom is -0.481 e. The van der Waals surface area contributed by atoms with E-state index in [-0.39, 0.29) is 22.6 Å². The van der Waals surface area contributed by atoms with Gasteiger partial charge >= 0.3 is 5.97 Å². The van der Waals surface area contributed by atoms with Crippen LogP contribution in [0.1, 0.15) is 25.6 Å². The Balaban J connectivity index is 2.98. The highest BCUT2D eigenvalue weighted by molar-refractivity contribution is 5.81. The van der Waals surface area contributed by atoms with E-state index in [1.165, 1.54) is 4.57 Å². The van der Waals surface area contributed by atoms with Crippen LogP contribution in [0.4, 0.5) is 8.78 Å². The molecule has 0 fully saturated rings. The number of aromatic nitrogens is 1. The van der Waals surface area contributed by atoms with E-state index in [4.69, 9.17) is 5.11 Å². The number of hydrogen-bond acceptors (Lipinski definition) is 2. The number of fused-ring (bicyclic) bond motifs is 1. The van der Waals surface area contributed by atoms with E-state index < -0.39 is 29.5 Å². The summed E-state index contributed by atoms with van der Waals surface area (Å²) < 4.78 is 29.1. The molecule has 2 rings (SSSR count). The molecular formula is C14H13F2NO3. The summed E-state index contributed by atoms with van der Waals surface area (Å²) in [7, 11) is 0. The summed E-state index contributed by atoms with van der Waals surface area (Å²) in [5.41, 5.74) is -0.761. The molecule has 106 valence electrons. The van der Waals surface area contributed by atoms with E-state index >= 15 is 0 Å². The maximum Gasteiger partial charge on any atom is 0.309 e. The van der Waals surface area contributed by atoms with Crippen molar-refractivity contribution in [3.63, 3.8) is 0 Å². The summed E-state index contributed by atoms with van der Waals surface area (Å²) in [6, 6.07) is 2.56. The van der Waals surface area contributed by atoms with Crippen molar-refractivity contribution in [1.82, 2.24) is 4.57 Å². The second kappa shape index (κ2) is 5.03. The third-order valence-corrected chi connectivity index (χ3v) is 3.02. The van der Waals surface area contributed by atoms with E-state index in [2.05, 4.69) is 0 Å². The zero-order valence-corrected chi connectivity index (χ0v) is 11.0. The van der Waals surface area contributed by atoms with Crippen molar-refractivity contribution in [1.29, 1.82) is 0 Å². The molecule has 4 nitrogen and oxygen atoms in total. The molecule has 1 N–H and O–H groups in total. The fourth-order valence-corrected chi connectivity index (χ4v) is 2.33. The second-order valence-corrected chi connectivity index (χ2v) is 4.79. The first-order chi connectivity index (χ1) is 9.32. The molecule has 1 heterocycles. The molecule has 20 heavy (non-hydrogen) atoms. The Labute approximate surface area is 113 Å². The molecule has 0 amide bonds. The number of carboxylic acids is 1. The number of halogens is 2. The average molecular weight is 281 g/mol. The van der Waals surface area contributed by atoms with Gasteiger partial charge in [0.25, 0.3) is 0 Å². The standard InChI is InChI=1S/C14H13F2NO3/c1-7(2)17-8(6-12(19)20)5-11(18)13-9(15)3-4-10(16)14(13)17/h3-5,7H,6H2,1-2H3,(H,19,20). The summed E-state index contributed by atoms with van der Waals surface area (Å²) in [5, 5.41) is 8.52. The lowest BCUT2D eigenvalue weighted by Gasteiger charge is -2.20. The molecule has 2 aromatic rings. The Hall–Kier alpha value is -2.24. The molecule has 0 bridgehead atoms. The maximum atomic E-state index is 14.0. The number of pyridine rings is 1. The number of carboxylic acid groups (broad SMARTS) is 1. The van der Waals surface area contributed by atoms with Crippen molar-refractivity contribution >= 4 is 16.9 Å². The molecular weight excluding hydrogens is 268 g/mol. The third kappa shape index (κ3) is 2.29. The van der Waals surface area contributed by atoms with Crippen molar-refractivity contribution in [2.45, 2.75) is 26.3 Å². The number of hydrogen-bond donors (Lipinski definition) is 1. The van der Waals surface area contributed by atoms with Crippen LogP contribution in [0.2, 0.25) is 0 Å². The first-order valence-electron chi connectivity index (χ1n) is 6.07. The van der Waals surface area contributed by atoms with Crippen molar-refractivity contribution < 1.29 is 18.7 Å². The molecule has 0 atom stereocenters. The monoisotopic (exact) mass is 281 g/mol. The summed E-state index contributed by atoms with van der Waals surface area (Å²) >= 11 is 0. The quantitative estimate of drug-likeness (QED) is 0.940. The lowest BCUT2D eigenvalue weighted by Crippen LogP contribution is -2.20. The third-order valence-electron chi connectivity index (χ3n) is 3.02. The summed E-state index contributed by atoms with van der Waals surface area (Å²) in [5.74, 6) is -2.71. The Kier molecular flexibility index (Phi) is 3.57. The molecule has 1 aromatic carbocycles. The fourth-order valence-electron chi connectivity index (χ4n) is 2.33. The Morgan fingerprint density at radius 1 is 1.30 bits per heavy atom. The van der Waals surface area contributed by atoms with Gasteiger partial charge < -0.3 is 9.67 Å². The van der Waals surface area contributed by atoms with Crippen LogP contribution in [0, 0.1) is 11.6 Å². The molecule has 0 spiro atoms. The lowest BCUT2D eigenvalue weighted by atomic mass is 10.1. The minimum absolute atomic E-state index is 0.148. The molecule has 0 unspecified atom stereocenters. The number of rotatable bonds is 3. The van der Waals surface area contributed by atoms with Gasteiger partial charge in [-0.2, -0.15) is 0 Å². The van der Waals surface area contributed by atoms with Crippen LogP contribution in [0.5, 0.6) is 0 Å². The van der Waals surface area contributed by atoms with Crippen molar-refractivity contribution in [3.05, 3.63) is 45.8 Å². The molecule has 0 aliphatic rings. The van der Waals surface area contributed by atoms with Gasteiger partial charge in [-0.3, -0.25) is 9.59 Å². The number of aliphatic carboxylic acids is 1. The van der Waals surface area contributed by atoms with Gasteiger partial charge in [-0.1, -0.05) is 0 Å². The van der Waals surface area contributed by atoms with Gasteiger partial charge in [0.1, 0.15) is 11.6 Å². The van der Waals surface area contributed by atoms with E-state index in [1.54, 1.807) is 13.8 Å². The normalized spacial score (nSPS) is 11.2. The molecule has 0 radical (unpaired) electrons. The number of benzene rings is 1. The van der Waals surface area contributed by atoms with Gasteiger partial charge in [0.05, 0.1) is 17.3 Å². The van der Waals surface area contributed by atoms with Crippen LogP contribution >= 0.6 is 0 Å². The van der Waals surface area contributed by atoms with Crippen LogP contribution in [0.25, 0.3) is 10.9 Å². The van der Waals surface area contributed by atoms with Crippen LogP contribution in [0.3, 0.4) is 0 Å². The highest BCUT2D eigenvalue weighted by Gasteiger charge is 2.19. The van der Waals surface area contributed by atoms with Crippen molar-refractivity contribution in [2.75, 3.05) is 0 Å². The van der Waals surface area contributed by atoms with E-state index in [1.807, 2.05) is 0 Å². The summed E-state index contributed by atoms with van der Waals surface area (Å²) in [6.45, 7) is 3.42. The van der Waals surface area contributed by atoms with Gasteiger partial charge in [0.2, 0.25) is 0 Å². The van der Waals surface area contributed by atoms with Gasteiger partial charge in [0.15, 0.2) is 5.43 Å². The summed E-state index contributed by atoms with van der Waals surface area (Å²) in [4.78, 5) is 22.8. The highest BCUT2D eigenvalue weighted by atomic mass is 19.1. The van der Waals surface area contributed by atoms with E-state index in [9.17, 15) is 18.4 Å².